The summed E-state index contributed by atoms with van der Waals surface area (Å²) in [6, 6.07) is 11.0. The van der Waals surface area contributed by atoms with Crippen LogP contribution >= 0.6 is 11.6 Å². The highest BCUT2D eigenvalue weighted by molar-refractivity contribution is 6.30. The van der Waals surface area contributed by atoms with Gasteiger partial charge in [-0.05, 0) is 69.7 Å². The topological polar surface area (TPSA) is 59.4 Å². The molecule has 0 bridgehead atoms. The van der Waals surface area contributed by atoms with E-state index in [0.717, 1.165) is 37.1 Å². The zero-order chi connectivity index (χ0) is 22.7. The maximum Gasteiger partial charge on any atom is 0.250 e. The lowest BCUT2D eigenvalue weighted by molar-refractivity contribution is -0.145. The Balaban J connectivity index is 1.45. The summed E-state index contributed by atoms with van der Waals surface area (Å²) in [6.07, 6.45) is 5.03. The first kappa shape index (κ1) is 23.3. The van der Waals surface area contributed by atoms with Crippen LogP contribution in [0.1, 0.15) is 55.5 Å². The maximum absolute atomic E-state index is 12.5. The van der Waals surface area contributed by atoms with Crippen molar-refractivity contribution in [1.82, 2.24) is 20.0 Å². The van der Waals surface area contributed by atoms with Crippen LogP contribution in [0.3, 0.4) is 0 Å². The summed E-state index contributed by atoms with van der Waals surface area (Å²) in [4.78, 5) is 15.1. The molecule has 2 atom stereocenters. The molecule has 7 heteroatoms. The van der Waals surface area contributed by atoms with Gasteiger partial charge in [-0.3, -0.25) is 14.4 Å². The van der Waals surface area contributed by atoms with Gasteiger partial charge in [-0.1, -0.05) is 23.7 Å². The third-order valence-corrected chi connectivity index (χ3v) is 7.33. The summed E-state index contributed by atoms with van der Waals surface area (Å²) in [5.41, 5.74) is 3.69. The Bertz CT molecular complexity index is 886. The molecule has 1 amide bonds. The van der Waals surface area contributed by atoms with E-state index in [1.54, 1.807) is 0 Å². The van der Waals surface area contributed by atoms with Crippen LogP contribution in [-0.2, 0) is 23.0 Å². The van der Waals surface area contributed by atoms with E-state index in [1.165, 1.54) is 17.0 Å². The van der Waals surface area contributed by atoms with Crippen molar-refractivity contribution < 1.29 is 9.53 Å². The number of hydrogen-bond donors (Lipinski definition) is 1. The number of amides is 1. The fourth-order valence-electron chi connectivity index (χ4n) is 5.17. The van der Waals surface area contributed by atoms with Gasteiger partial charge in [-0.15, -0.1) is 0 Å². The van der Waals surface area contributed by atoms with Crippen LogP contribution < -0.4 is 5.32 Å². The molecule has 1 N–H and O–H groups in total. The molecule has 2 heterocycles. The van der Waals surface area contributed by atoms with Gasteiger partial charge in [0.25, 0.3) is 0 Å². The Morgan fingerprint density at radius 3 is 2.56 bits per heavy atom. The molecule has 0 radical (unpaired) electrons. The van der Waals surface area contributed by atoms with Gasteiger partial charge in [-0.25, -0.2) is 0 Å². The quantitative estimate of drug-likeness (QED) is 0.714. The summed E-state index contributed by atoms with van der Waals surface area (Å²) in [5, 5.41) is 8.41. The summed E-state index contributed by atoms with van der Waals surface area (Å²) in [7, 11) is 2.01. The molecule has 1 aliphatic carbocycles. The monoisotopic (exact) mass is 458 g/mol. The first-order valence-corrected chi connectivity index (χ1v) is 12.2. The minimum absolute atomic E-state index is 0.0000830. The number of morpholine rings is 1. The number of aryl methyl sites for hydroxylation is 2. The maximum atomic E-state index is 12.5. The minimum Gasteiger partial charge on any atom is -0.365 e. The second-order valence-electron chi connectivity index (χ2n) is 9.24. The molecule has 0 spiro atoms. The van der Waals surface area contributed by atoms with Gasteiger partial charge >= 0.3 is 0 Å². The number of ether oxygens (including phenoxy) is 1. The number of nitrogens with zero attached hydrogens (tertiary/aromatic N) is 3. The average molecular weight is 459 g/mol. The number of benzene rings is 1. The van der Waals surface area contributed by atoms with E-state index >= 15 is 0 Å². The molecule has 2 aliphatic rings. The highest BCUT2D eigenvalue weighted by atomic mass is 35.5. The first-order valence-electron chi connectivity index (χ1n) is 11.8. The summed E-state index contributed by atoms with van der Waals surface area (Å²) in [5.74, 6) is 0.529. The number of hydrogen-bond acceptors (Lipinski definition) is 4. The van der Waals surface area contributed by atoms with Crippen LogP contribution in [0.4, 0.5) is 0 Å². The molecule has 2 fully saturated rings. The predicted octanol–water partition coefficient (Wildman–Crippen LogP) is 3.86. The van der Waals surface area contributed by atoms with Crippen LogP contribution in [-0.4, -0.2) is 58.5 Å². The number of nitrogens with one attached hydrogen (secondary N) is 1. The van der Waals surface area contributed by atoms with Crippen molar-refractivity contribution in [1.29, 1.82) is 0 Å². The van der Waals surface area contributed by atoms with E-state index in [-0.39, 0.29) is 11.9 Å². The van der Waals surface area contributed by atoms with E-state index in [1.807, 2.05) is 30.8 Å². The Hall–Kier alpha value is -1.89. The van der Waals surface area contributed by atoms with E-state index in [2.05, 4.69) is 35.3 Å². The molecule has 1 aromatic heterocycles. The van der Waals surface area contributed by atoms with Gasteiger partial charge in [0.1, 0.15) is 6.10 Å². The SMILES string of the molecule is CCNC(=O)[C@H]1CN(C2CCC(c3cc(C)n(C)n3)CC2)C(Cc2ccc(Cl)cc2)CO1. The molecule has 4 rings (SSSR count). The molecule has 1 aliphatic heterocycles. The third-order valence-electron chi connectivity index (χ3n) is 7.08. The molecular weight excluding hydrogens is 424 g/mol. The summed E-state index contributed by atoms with van der Waals surface area (Å²) >= 11 is 6.08. The van der Waals surface area contributed by atoms with Crippen molar-refractivity contribution in [2.24, 2.45) is 7.05 Å². The van der Waals surface area contributed by atoms with Crippen molar-refractivity contribution >= 4 is 17.5 Å². The Morgan fingerprint density at radius 2 is 1.94 bits per heavy atom. The van der Waals surface area contributed by atoms with Gasteiger partial charge in [0.15, 0.2) is 0 Å². The zero-order valence-electron chi connectivity index (χ0n) is 19.4. The van der Waals surface area contributed by atoms with Crippen molar-refractivity contribution in [2.75, 3.05) is 19.7 Å². The van der Waals surface area contributed by atoms with E-state index in [4.69, 9.17) is 21.4 Å². The Labute approximate surface area is 196 Å². The molecule has 174 valence electrons. The number of rotatable bonds is 6. The number of carbonyl (C=O) groups is 1. The predicted molar refractivity (Wildman–Crippen MR) is 127 cm³/mol. The van der Waals surface area contributed by atoms with Crippen LogP contribution in [0.25, 0.3) is 0 Å². The van der Waals surface area contributed by atoms with E-state index < -0.39 is 6.10 Å². The molecule has 6 nitrogen and oxygen atoms in total. The number of halogens is 1. The lowest BCUT2D eigenvalue weighted by atomic mass is 9.82. The normalized spacial score (nSPS) is 26.8. The van der Waals surface area contributed by atoms with Crippen LogP contribution in [0.5, 0.6) is 0 Å². The van der Waals surface area contributed by atoms with E-state index in [9.17, 15) is 4.79 Å². The van der Waals surface area contributed by atoms with Crippen molar-refractivity contribution in [3.63, 3.8) is 0 Å². The van der Waals surface area contributed by atoms with Crippen molar-refractivity contribution in [2.45, 2.75) is 70.1 Å². The highest BCUT2D eigenvalue weighted by Gasteiger charge is 2.38. The average Bonchev–Trinajstić information content (AvgIpc) is 3.14. The molecule has 1 aromatic carbocycles. The van der Waals surface area contributed by atoms with Gasteiger partial charge in [0, 0.05) is 48.9 Å². The Morgan fingerprint density at radius 1 is 1.22 bits per heavy atom. The summed E-state index contributed by atoms with van der Waals surface area (Å²) < 4.78 is 8.01. The molecule has 1 saturated carbocycles. The van der Waals surface area contributed by atoms with Crippen molar-refractivity contribution in [3.8, 4) is 0 Å². The fraction of sp³-hybridized carbons (Fsp3) is 0.600. The van der Waals surface area contributed by atoms with Gasteiger partial charge in [0.05, 0.1) is 12.3 Å². The fourth-order valence-corrected chi connectivity index (χ4v) is 5.30. The molecule has 32 heavy (non-hydrogen) atoms. The van der Waals surface area contributed by atoms with Crippen LogP contribution in [0.2, 0.25) is 5.02 Å². The second kappa shape index (κ2) is 10.4. The molecule has 1 unspecified atom stereocenters. The standard InChI is InChI=1S/C25H35ClN4O2/c1-4-27-25(31)24-15-30(22(16-32-24)14-18-5-9-20(26)10-6-18)21-11-7-19(8-12-21)23-13-17(2)29(3)28-23/h5-6,9-10,13,19,21-22,24H,4,7-8,11-12,14-16H2,1-3H3,(H,27,31)/t19?,21?,22?,24-/m1/s1. The molecule has 2 aromatic rings. The largest absolute Gasteiger partial charge is 0.365 e. The second-order valence-corrected chi connectivity index (χ2v) is 9.67. The number of carbonyl (C=O) groups excluding carboxylic acids is 1. The number of aromatic nitrogens is 2. The summed E-state index contributed by atoms with van der Waals surface area (Å²) in [6.45, 7) is 5.91. The first-order chi connectivity index (χ1) is 15.4. The molecule has 1 saturated heterocycles. The van der Waals surface area contributed by atoms with Crippen molar-refractivity contribution in [3.05, 3.63) is 52.3 Å². The lowest BCUT2D eigenvalue weighted by Crippen LogP contribution is -2.58. The smallest absolute Gasteiger partial charge is 0.250 e. The minimum atomic E-state index is -0.396. The third kappa shape index (κ3) is 5.36. The van der Waals surface area contributed by atoms with Crippen LogP contribution in [0.15, 0.2) is 30.3 Å². The Kier molecular flexibility index (Phi) is 7.54. The van der Waals surface area contributed by atoms with Gasteiger partial charge < -0.3 is 10.1 Å². The highest BCUT2D eigenvalue weighted by Crippen LogP contribution is 2.36. The van der Waals surface area contributed by atoms with E-state index in [0.29, 0.717) is 31.7 Å². The number of likely N-dealkylation sites (N-methyl/N-ethyl adjacent to an activating group) is 1. The lowest BCUT2D eigenvalue weighted by Gasteiger charge is -2.45. The van der Waals surface area contributed by atoms with Crippen LogP contribution in [0, 0.1) is 6.92 Å². The molecular formula is C25H35ClN4O2. The zero-order valence-corrected chi connectivity index (χ0v) is 20.1. The van der Waals surface area contributed by atoms with Gasteiger partial charge in [0.2, 0.25) is 5.91 Å². The van der Waals surface area contributed by atoms with Gasteiger partial charge in [-0.2, -0.15) is 5.10 Å².